The van der Waals surface area contributed by atoms with Crippen molar-refractivity contribution in [2.45, 2.75) is 32.3 Å². The number of nitrogens with zero attached hydrogens (tertiary/aromatic N) is 3. The SMILES string of the molecule is CC(Cc1ccccc1)Oc1cccc(C=C2CCN(C(=O)Nc3cccnn3)CC2)c1. The summed E-state index contributed by atoms with van der Waals surface area (Å²) in [6.45, 7) is 3.46. The molecule has 2 aromatic carbocycles. The Kier molecular flexibility index (Phi) is 7.12. The van der Waals surface area contributed by atoms with E-state index in [2.05, 4.69) is 64.9 Å². The molecule has 1 aliphatic rings. The van der Waals surface area contributed by atoms with Gasteiger partial charge < -0.3 is 9.64 Å². The molecule has 0 bridgehead atoms. The van der Waals surface area contributed by atoms with Crippen LogP contribution in [0.25, 0.3) is 6.08 Å². The molecule has 1 aromatic heterocycles. The molecular weight excluding hydrogens is 400 g/mol. The number of rotatable bonds is 6. The molecule has 1 N–H and O–H groups in total. The lowest BCUT2D eigenvalue weighted by Gasteiger charge is -2.28. The van der Waals surface area contributed by atoms with Gasteiger partial charge in [0.2, 0.25) is 0 Å². The van der Waals surface area contributed by atoms with E-state index < -0.39 is 0 Å². The second kappa shape index (κ2) is 10.6. The molecule has 2 amide bonds. The number of hydrogen-bond acceptors (Lipinski definition) is 4. The second-order valence-electron chi connectivity index (χ2n) is 8.02. The molecule has 0 aliphatic carbocycles. The number of likely N-dealkylation sites (tertiary alicyclic amines) is 1. The highest BCUT2D eigenvalue weighted by molar-refractivity contribution is 5.88. The number of amides is 2. The van der Waals surface area contributed by atoms with Gasteiger partial charge in [0.05, 0.1) is 6.10 Å². The standard InChI is InChI=1S/C26H28N4O2/c1-20(17-21-7-3-2-4-8-21)32-24-10-5-9-23(19-24)18-22-12-15-30(16-13-22)26(31)28-25-11-6-14-27-29-25/h2-11,14,18-20H,12-13,15-17H2,1H3,(H,28,29,31). The van der Waals surface area contributed by atoms with E-state index in [1.165, 1.54) is 11.1 Å². The highest BCUT2D eigenvalue weighted by Crippen LogP contribution is 2.23. The normalized spacial score (nSPS) is 14.5. The zero-order chi connectivity index (χ0) is 22.2. The Bertz CT molecular complexity index is 1040. The molecule has 6 heteroatoms. The van der Waals surface area contributed by atoms with E-state index in [1.54, 1.807) is 18.3 Å². The largest absolute Gasteiger partial charge is 0.490 e. The molecule has 6 nitrogen and oxygen atoms in total. The first-order valence-corrected chi connectivity index (χ1v) is 11.0. The van der Waals surface area contributed by atoms with Crippen molar-refractivity contribution < 1.29 is 9.53 Å². The van der Waals surface area contributed by atoms with Crippen LogP contribution in [0, 0.1) is 0 Å². The monoisotopic (exact) mass is 428 g/mol. The highest BCUT2D eigenvalue weighted by Gasteiger charge is 2.19. The Hall–Kier alpha value is -3.67. The molecule has 1 atom stereocenters. The molecule has 32 heavy (non-hydrogen) atoms. The summed E-state index contributed by atoms with van der Waals surface area (Å²) in [5.74, 6) is 1.35. The van der Waals surface area contributed by atoms with Crippen LogP contribution in [-0.4, -0.2) is 40.3 Å². The molecule has 2 heterocycles. The summed E-state index contributed by atoms with van der Waals surface area (Å²) in [6, 6.07) is 21.9. The summed E-state index contributed by atoms with van der Waals surface area (Å²) in [5, 5.41) is 10.5. The molecule has 4 rings (SSSR count). The van der Waals surface area contributed by atoms with E-state index in [0.717, 1.165) is 30.6 Å². The van der Waals surface area contributed by atoms with E-state index in [4.69, 9.17) is 4.74 Å². The van der Waals surface area contributed by atoms with Crippen molar-refractivity contribution in [2.24, 2.45) is 0 Å². The second-order valence-corrected chi connectivity index (χ2v) is 8.02. The van der Waals surface area contributed by atoms with Gasteiger partial charge in [-0.25, -0.2) is 4.79 Å². The van der Waals surface area contributed by atoms with E-state index in [-0.39, 0.29) is 12.1 Å². The van der Waals surface area contributed by atoms with Crippen LogP contribution in [0.2, 0.25) is 0 Å². The zero-order valence-corrected chi connectivity index (χ0v) is 18.3. The molecule has 164 valence electrons. The van der Waals surface area contributed by atoms with Crippen molar-refractivity contribution in [1.82, 2.24) is 15.1 Å². The smallest absolute Gasteiger partial charge is 0.323 e. The summed E-state index contributed by atoms with van der Waals surface area (Å²) >= 11 is 0. The Labute approximate surface area is 188 Å². The molecule has 0 spiro atoms. The van der Waals surface area contributed by atoms with Crippen LogP contribution in [-0.2, 0) is 6.42 Å². The predicted molar refractivity (Wildman–Crippen MR) is 127 cm³/mol. The van der Waals surface area contributed by atoms with Gasteiger partial charge in [0.15, 0.2) is 5.82 Å². The molecule has 1 aliphatic heterocycles. The molecule has 3 aromatic rings. The molecule has 0 saturated carbocycles. The first-order chi connectivity index (χ1) is 15.7. The molecule has 0 radical (unpaired) electrons. The number of aromatic nitrogens is 2. The first-order valence-electron chi connectivity index (χ1n) is 11.0. The molecular formula is C26H28N4O2. The van der Waals surface area contributed by atoms with Crippen molar-refractivity contribution in [2.75, 3.05) is 18.4 Å². The Morgan fingerprint density at radius 2 is 1.91 bits per heavy atom. The number of ether oxygens (including phenoxy) is 1. The number of piperidine rings is 1. The summed E-state index contributed by atoms with van der Waals surface area (Å²) < 4.78 is 6.15. The minimum atomic E-state index is -0.132. The zero-order valence-electron chi connectivity index (χ0n) is 18.3. The summed E-state index contributed by atoms with van der Waals surface area (Å²) in [7, 11) is 0. The van der Waals surface area contributed by atoms with Crippen LogP contribution in [0.5, 0.6) is 5.75 Å². The van der Waals surface area contributed by atoms with Crippen molar-refractivity contribution in [3.63, 3.8) is 0 Å². The number of anilines is 1. The number of carbonyl (C=O) groups is 1. The van der Waals surface area contributed by atoms with Crippen LogP contribution in [0.15, 0.2) is 78.5 Å². The fourth-order valence-corrected chi connectivity index (χ4v) is 3.83. The maximum absolute atomic E-state index is 12.4. The third-order valence-corrected chi connectivity index (χ3v) is 5.43. The molecule has 1 unspecified atom stereocenters. The van der Waals surface area contributed by atoms with Gasteiger partial charge in [-0.3, -0.25) is 5.32 Å². The Morgan fingerprint density at radius 3 is 2.66 bits per heavy atom. The summed E-state index contributed by atoms with van der Waals surface area (Å²) in [5.41, 5.74) is 3.73. The maximum atomic E-state index is 12.4. The Morgan fingerprint density at radius 1 is 1.09 bits per heavy atom. The lowest BCUT2D eigenvalue weighted by Crippen LogP contribution is -2.39. The van der Waals surface area contributed by atoms with Crippen molar-refractivity contribution in [1.29, 1.82) is 0 Å². The van der Waals surface area contributed by atoms with Gasteiger partial charge in [0.1, 0.15) is 5.75 Å². The maximum Gasteiger partial charge on any atom is 0.323 e. The Balaban J connectivity index is 1.30. The topological polar surface area (TPSA) is 67.3 Å². The minimum absolute atomic E-state index is 0.0939. The van der Waals surface area contributed by atoms with E-state index in [0.29, 0.717) is 18.9 Å². The van der Waals surface area contributed by atoms with Crippen LogP contribution in [0.4, 0.5) is 10.6 Å². The fraction of sp³-hybridized carbons (Fsp3) is 0.269. The number of urea groups is 1. The quantitative estimate of drug-likeness (QED) is 0.586. The number of benzene rings is 2. The van der Waals surface area contributed by atoms with Crippen LogP contribution >= 0.6 is 0 Å². The average molecular weight is 429 g/mol. The summed E-state index contributed by atoms with van der Waals surface area (Å²) in [4.78, 5) is 14.2. The third-order valence-electron chi connectivity index (χ3n) is 5.43. The lowest BCUT2D eigenvalue weighted by atomic mass is 10.0. The van der Waals surface area contributed by atoms with Crippen molar-refractivity contribution in [3.05, 3.63) is 89.6 Å². The number of nitrogens with one attached hydrogen (secondary N) is 1. The summed E-state index contributed by atoms with van der Waals surface area (Å²) in [6.07, 6.45) is 6.46. The molecule has 1 fully saturated rings. The van der Waals surface area contributed by atoms with E-state index in [9.17, 15) is 4.79 Å². The van der Waals surface area contributed by atoms with Gasteiger partial charge >= 0.3 is 6.03 Å². The predicted octanol–water partition coefficient (Wildman–Crippen LogP) is 5.20. The van der Waals surface area contributed by atoms with Gasteiger partial charge in [0, 0.05) is 25.7 Å². The van der Waals surface area contributed by atoms with Crippen molar-refractivity contribution in [3.8, 4) is 5.75 Å². The molecule has 1 saturated heterocycles. The van der Waals surface area contributed by atoms with Gasteiger partial charge in [-0.05, 0) is 55.2 Å². The van der Waals surface area contributed by atoms with Gasteiger partial charge in [-0.1, -0.05) is 54.1 Å². The van der Waals surface area contributed by atoms with Crippen molar-refractivity contribution >= 4 is 17.9 Å². The highest BCUT2D eigenvalue weighted by atomic mass is 16.5. The third kappa shape index (κ3) is 6.17. The number of hydrogen-bond donors (Lipinski definition) is 1. The van der Waals surface area contributed by atoms with E-state index in [1.807, 2.05) is 23.1 Å². The van der Waals surface area contributed by atoms with E-state index >= 15 is 0 Å². The van der Waals surface area contributed by atoms with Gasteiger partial charge in [-0.15, -0.1) is 5.10 Å². The average Bonchev–Trinajstić information content (AvgIpc) is 2.81. The van der Waals surface area contributed by atoms with Crippen LogP contribution < -0.4 is 10.1 Å². The van der Waals surface area contributed by atoms with Crippen LogP contribution in [0.3, 0.4) is 0 Å². The van der Waals surface area contributed by atoms with Gasteiger partial charge in [-0.2, -0.15) is 5.10 Å². The fourth-order valence-electron chi connectivity index (χ4n) is 3.83. The lowest BCUT2D eigenvalue weighted by molar-refractivity contribution is 0.207. The number of carbonyl (C=O) groups excluding carboxylic acids is 1. The van der Waals surface area contributed by atoms with Crippen LogP contribution in [0.1, 0.15) is 30.9 Å². The first kappa shape index (κ1) is 21.6. The van der Waals surface area contributed by atoms with Gasteiger partial charge in [0.25, 0.3) is 0 Å². The minimum Gasteiger partial charge on any atom is -0.490 e.